The number of aromatic nitrogens is 2. The molecule has 1 amide bonds. The van der Waals surface area contributed by atoms with Crippen molar-refractivity contribution >= 4 is 34.5 Å². The summed E-state index contributed by atoms with van der Waals surface area (Å²) >= 11 is 6.15. The second-order valence-electron chi connectivity index (χ2n) is 8.65. The summed E-state index contributed by atoms with van der Waals surface area (Å²) < 4.78 is 5.87. The number of hydrogen-bond donors (Lipinski definition) is 4. The Bertz CT molecular complexity index is 1420. The van der Waals surface area contributed by atoms with E-state index in [1.54, 1.807) is 36.5 Å². The number of pyridine rings is 1. The number of nitrogens with zero attached hydrogens (tertiary/aromatic N) is 1. The molecule has 4 rings (SSSR count). The Morgan fingerprint density at radius 1 is 1.11 bits per heavy atom. The van der Waals surface area contributed by atoms with Gasteiger partial charge in [-0.1, -0.05) is 23.7 Å². The van der Waals surface area contributed by atoms with Crippen molar-refractivity contribution in [1.29, 1.82) is 0 Å². The molecule has 4 aromatic rings. The van der Waals surface area contributed by atoms with Gasteiger partial charge in [-0.3, -0.25) is 9.78 Å². The maximum absolute atomic E-state index is 13.4. The Labute approximate surface area is 212 Å². The van der Waals surface area contributed by atoms with Crippen molar-refractivity contribution in [3.05, 3.63) is 82.6 Å². The fraction of sp³-hybridized carbons (Fsp3) is 0.222. The van der Waals surface area contributed by atoms with Crippen LogP contribution in [0.3, 0.4) is 0 Å². The van der Waals surface area contributed by atoms with Gasteiger partial charge in [-0.25, -0.2) is 4.79 Å². The number of carboxylic acids is 1. The summed E-state index contributed by atoms with van der Waals surface area (Å²) in [7, 11) is 0. The quantitative estimate of drug-likeness (QED) is 0.260. The lowest BCUT2D eigenvalue weighted by Gasteiger charge is -2.19. The molecular formula is C27H26ClN3O5. The van der Waals surface area contributed by atoms with Crippen LogP contribution in [0.2, 0.25) is 5.02 Å². The predicted octanol–water partition coefficient (Wildman–Crippen LogP) is 4.70. The van der Waals surface area contributed by atoms with Gasteiger partial charge in [-0.2, -0.15) is 0 Å². The number of ether oxygens (including phenoxy) is 1. The minimum Gasteiger partial charge on any atom is -0.490 e. The molecule has 1 atom stereocenters. The molecule has 2 aromatic carbocycles. The molecule has 186 valence electrons. The summed E-state index contributed by atoms with van der Waals surface area (Å²) in [5.41, 5.74) is 4.15. The van der Waals surface area contributed by atoms with Crippen LogP contribution in [0.25, 0.3) is 22.2 Å². The standard InChI is InChI=1S/C27H26ClN3O5/c1-15(2)36-24-8-6-16(17-5-7-20(27(34)35)22(28)12-17)11-21(24)26(33)31-19(14-32)10-18-13-30-23-4-3-9-29-25(18)23/h3-9,11-13,15,19,30,32H,10,14H2,1-2H3,(H,31,33)(H,34,35). The number of aromatic carboxylic acids is 1. The van der Waals surface area contributed by atoms with Crippen LogP contribution >= 0.6 is 11.6 Å². The number of fused-ring (bicyclic) bond motifs is 1. The van der Waals surface area contributed by atoms with Gasteiger partial charge in [0.15, 0.2) is 0 Å². The molecule has 2 heterocycles. The van der Waals surface area contributed by atoms with Gasteiger partial charge in [-0.15, -0.1) is 0 Å². The summed E-state index contributed by atoms with van der Waals surface area (Å²) in [6.07, 6.45) is 3.73. The van der Waals surface area contributed by atoms with Gasteiger partial charge in [-0.05, 0) is 73.4 Å². The molecule has 0 aliphatic carbocycles. The highest BCUT2D eigenvalue weighted by Gasteiger charge is 2.21. The number of aliphatic hydroxyl groups is 1. The second-order valence-corrected chi connectivity index (χ2v) is 9.06. The number of carbonyl (C=O) groups is 2. The van der Waals surface area contributed by atoms with Crippen LogP contribution < -0.4 is 10.1 Å². The van der Waals surface area contributed by atoms with Crippen molar-refractivity contribution in [2.45, 2.75) is 32.4 Å². The summed E-state index contributed by atoms with van der Waals surface area (Å²) in [5.74, 6) is -1.13. The third-order valence-corrected chi connectivity index (χ3v) is 5.97. The number of carbonyl (C=O) groups excluding carboxylic acids is 1. The van der Waals surface area contributed by atoms with E-state index in [0.717, 1.165) is 16.6 Å². The molecule has 0 saturated heterocycles. The molecule has 8 nitrogen and oxygen atoms in total. The van der Waals surface area contributed by atoms with E-state index in [1.807, 2.05) is 32.2 Å². The molecule has 0 radical (unpaired) electrons. The highest BCUT2D eigenvalue weighted by Crippen LogP contribution is 2.30. The summed E-state index contributed by atoms with van der Waals surface area (Å²) in [6.45, 7) is 3.46. The number of amides is 1. The zero-order valence-electron chi connectivity index (χ0n) is 19.8. The maximum atomic E-state index is 13.4. The van der Waals surface area contributed by atoms with Gasteiger partial charge >= 0.3 is 5.97 Å². The van der Waals surface area contributed by atoms with Crippen LogP contribution in [0.5, 0.6) is 5.75 Å². The molecular weight excluding hydrogens is 482 g/mol. The lowest BCUT2D eigenvalue weighted by Crippen LogP contribution is -2.39. The number of benzene rings is 2. The molecule has 0 fully saturated rings. The van der Waals surface area contributed by atoms with Crippen molar-refractivity contribution in [3.8, 4) is 16.9 Å². The van der Waals surface area contributed by atoms with Gasteiger partial charge in [0.2, 0.25) is 0 Å². The van der Waals surface area contributed by atoms with Gasteiger partial charge in [0.1, 0.15) is 5.75 Å². The Morgan fingerprint density at radius 3 is 2.56 bits per heavy atom. The molecule has 4 N–H and O–H groups in total. The molecule has 2 aromatic heterocycles. The van der Waals surface area contributed by atoms with Crippen molar-refractivity contribution in [3.63, 3.8) is 0 Å². The van der Waals surface area contributed by atoms with E-state index in [2.05, 4.69) is 15.3 Å². The number of halogens is 1. The van der Waals surface area contributed by atoms with Crippen LogP contribution in [0.15, 0.2) is 60.9 Å². The number of hydrogen-bond acceptors (Lipinski definition) is 5. The van der Waals surface area contributed by atoms with Crippen LogP contribution in [0.1, 0.15) is 40.1 Å². The van der Waals surface area contributed by atoms with Crippen molar-refractivity contribution in [2.24, 2.45) is 0 Å². The van der Waals surface area contributed by atoms with Crippen molar-refractivity contribution < 1.29 is 24.5 Å². The van der Waals surface area contributed by atoms with E-state index in [1.165, 1.54) is 6.07 Å². The van der Waals surface area contributed by atoms with Crippen LogP contribution in [-0.4, -0.2) is 50.8 Å². The monoisotopic (exact) mass is 507 g/mol. The van der Waals surface area contributed by atoms with Crippen LogP contribution in [-0.2, 0) is 6.42 Å². The number of carboxylic acid groups (broad SMARTS) is 1. The summed E-state index contributed by atoms with van der Waals surface area (Å²) in [6, 6.07) is 12.9. The number of aromatic amines is 1. The minimum absolute atomic E-state index is 0.00398. The summed E-state index contributed by atoms with van der Waals surface area (Å²) in [5, 5.41) is 22.2. The first-order valence-electron chi connectivity index (χ1n) is 11.4. The van der Waals surface area contributed by atoms with Crippen LogP contribution in [0, 0.1) is 0 Å². The minimum atomic E-state index is -1.12. The van der Waals surface area contributed by atoms with Crippen molar-refractivity contribution in [1.82, 2.24) is 15.3 Å². The predicted molar refractivity (Wildman–Crippen MR) is 138 cm³/mol. The first-order chi connectivity index (χ1) is 17.3. The zero-order valence-corrected chi connectivity index (χ0v) is 20.5. The topological polar surface area (TPSA) is 125 Å². The lowest BCUT2D eigenvalue weighted by molar-refractivity contribution is 0.0696. The molecule has 0 spiro atoms. The van der Waals surface area contributed by atoms with Gasteiger partial charge in [0.25, 0.3) is 5.91 Å². The first-order valence-corrected chi connectivity index (χ1v) is 11.8. The number of rotatable bonds is 9. The fourth-order valence-electron chi connectivity index (χ4n) is 3.97. The Balaban J connectivity index is 1.63. The zero-order chi connectivity index (χ0) is 25.8. The molecule has 9 heteroatoms. The third kappa shape index (κ3) is 5.50. The molecule has 36 heavy (non-hydrogen) atoms. The SMILES string of the molecule is CC(C)Oc1ccc(-c2ccc(C(=O)O)c(Cl)c2)cc1C(=O)NC(CO)Cc1c[nH]c2cccnc12. The molecule has 0 aliphatic heterocycles. The van der Waals surface area contributed by atoms with E-state index in [4.69, 9.17) is 16.3 Å². The normalized spacial score (nSPS) is 12.0. The lowest BCUT2D eigenvalue weighted by atomic mass is 10.00. The van der Waals surface area contributed by atoms with Gasteiger partial charge in [0, 0.05) is 12.4 Å². The Hall–Kier alpha value is -3.88. The highest BCUT2D eigenvalue weighted by atomic mass is 35.5. The molecule has 1 unspecified atom stereocenters. The average molecular weight is 508 g/mol. The maximum Gasteiger partial charge on any atom is 0.337 e. The number of nitrogens with one attached hydrogen (secondary N) is 2. The third-order valence-electron chi connectivity index (χ3n) is 5.66. The van der Waals surface area contributed by atoms with Crippen molar-refractivity contribution in [2.75, 3.05) is 6.61 Å². The first kappa shape index (κ1) is 25.2. The Morgan fingerprint density at radius 2 is 1.86 bits per heavy atom. The smallest absolute Gasteiger partial charge is 0.337 e. The molecule has 0 aliphatic rings. The van der Waals surface area contributed by atoms with E-state index in [-0.39, 0.29) is 28.9 Å². The second kappa shape index (κ2) is 10.8. The van der Waals surface area contributed by atoms with Gasteiger partial charge in [0.05, 0.1) is 45.9 Å². The highest BCUT2D eigenvalue weighted by molar-refractivity contribution is 6.33. The van der Waals surface area contributed by atoms with E-state index >= 15 is 0 Å². The van der Waals surface area contributed by atoms with E-state index in [9.17, 15) is 19.8 Å². The fourth-order valence-corrected chi connectivity index (χ4v) is 4.23. The van der Waals surface area contributed by atoms with E-state index in [0.29, 0.717) is 23.3 Å². The largest absolute Gasteiger partial charge is 0.490 e. The van der Waals surface area contributed by atoms with E-state index < -0.39 is 17.9 Å². The van der Waals surface area contributed by atoms with Crippen LogP contribution in [0.4, 0.5) is 0 Å². The average Bonchev–Trinajstić information content (AvgIpc) is 3.26. The molecule has 0 bridgehead atoms. The number of H-pyrrole nitrogens is 1. The summed E-state index contributed by atoms with van der Waals surface area (Å²) in [4.78, 5) is 32.2. The van der Waals surface area contributed by atoms with Gasteiger partial charge < -0.3 is 25.3 Å². The molecule has 0 saturated carbocycles. The Kier molecular flexibility index (Phi) is 7.57. The number of aliphatic hydroxyl groups excluding tert-OH is 1.